The van der Waals surface area contributed by atoms with Crippen LogP contribution in [0.3, 0.4) is 0 Å². The zero-order valence-electron chi connectivity index (χ0n) is 17.5. The monoisotopic (exact) mass is 386 g/mol. The highest BCUT2D eigenvalue weighted by Gasteiger charge is 2.34. The summed E-state index contributed by atoms with van der Waals surface area (Å²) in [5, 5.41) is 0. The Labute approximate surface area is 168 Å². The lowest BCUT2D eigenvalue weighted by Crippen LogP contribution is -2.37. The van der Waals surface area contributed by atoms with Crippen molar-refractivity contribution in [2.24, 2.45) is 5.92 Å². The molecule has 0 N–H and O–H groups in total. The molecule has 1 aromatic heterocycles. The van der Waals surface area contributed by atoms with E-state index in [1.54, 1.807) is 7.11 Å². The van der Waals surface area contributed by atoms with Gasteiger partial charge >= 0.3 is 0 Å². The van der Waals surface area contributed by atoms with Crippen molar-refractivity contribution in [2.45, 2.75) is 70.8 Å². The van der Waals surface area contributed by atoms with Gasteiger partial charge in [-0.2, -0.15) is 0 Å². The Morgan fingerprint density at radius 3 is 2.68 bits per heavy atom. The van der Waals surface area contributed by atoms with E-state index in [4.69, 9.17) is 14.7 Å². The molecule has 1 atom stereocenters. The number of amides is 1. The maximum atomic E-state index is 12.5. The van der Waals surface area contributed by atoms with Gasteiger partial charge in [-0.1, -0.05) is 19.3 Å². The van der Waals surface area contributed by atoms with Crippen molar-refractivity contribution >= 4 is 11.7 Å². The Morgan fingerprint density at radius 1 is 1.07 bits per heavy atom. The van der Waals surface area contributed by atoms with Crippen LogP contribution < -0.4 is 4.90 Å². The summed E-state index contributed by atoms with van der Waals surface area (Å²) in [6.07, 6.45) is 11.0. The zero-order chi connectivity index (χ0) is 19.5. The summed E-state index contributed by atoms with van der Waals surface area (Å²) in [6.45, 7) is 5.24. The molecule has 0 aromatic carbocycles. The number of fused-ring (bicyclic) bond motifs is 1. The van der Waals surface area contributed by atoms with Gasteiger partial charge in [-0.05, 0) is 51.4 Å². The lowest BCUT2D eigenvalue weighted by Gasteiger charge is -2.35. The lowest BCUT2D eigenvalue weighted by molar-refractivity contribution is -0.136. The number of carbonyl (C=O) groups excluding carboxylic acids is 1. The minimum Gasteiger partial charge on any atom is -0.375 e. The molecule has 154 valence electrons. The molecule has 1 amide bonds. The summed E-state index contributed by atoms with van der Waals surface area (Å²) in [4.78, 5) is 26.8. The number of likely N-dealkylation sites (tertiary alicyclic amines) is 1. The summed E-state index contributed by atoms with van der Waals surface area (Å²) >= 11 is 0. The maximum absolute atomic E-state index is 12.5. The van der Waals surface area contributed by atoms with Crippen molar-refractivity contribution in [3.05, 3.63) is 17.1 Å². The molecular weight excluding hydrogens is 352 g/mol. The number of nitrogens with zero attached hydrogens (tertiary/aromatic N) is 4. The average molecular weight is 387 g/mol. The third-order valence-corrected chi connectivity index (χ3v) is 6.71. The number of hydrogen-bond acceptors (Lipinski definition) is 5. The topological polar surface area (TPSA) is 58.6 Å². The predicted octanol–water partition coefficient (Wildman–Crippen LogP) is 3.43. The Bertz CT molecular complexity index is 702. The van der Waals surface area contributed by atoms with Crippen molar-refractivity contribution in [3.63, 3.8) is 0 Å². The van der Waals surface area contributed by atoms with E-state index in [0.29, 0.717) is 0 Å². The molecule has 3 aliphatic rings. The molecule has 1 saturated heterocycles. The van der Waals surface area contributed by atoms with E-state index in [1.165, 1.54) is 44.1 Å². The fourth-order valence-corrected chi connectivity index (χ4v) is 5.26. The second-order valence-electron chi connectivity index (χ2n) is 8.70. The summed E-state index contributed by atoms with van der Waals surface area (Å²) in [5.41, 5.74) is 2.41. The fourth-order valence-electron chi connectivity index (χ4n) is 5.26. The van der Waals surface area contributed by atoms with Crippen LogP contribution in [-0.2, 0) is 16.0 Å². The SMILES string of the molecule is COCC(=O)N1CCCC1c1nc(C)c2c(n1)N(CC1CCCCC1)CCC2. The van der Waals surface area contributed by atoms with E-state index in [1.807, 2.05) is 4.90 Å². The van der Waals surface area contributed by atoms with Gasteiger partial charge in [0.2, 0.25) is 5.91 Å². The molecule has 0 bridgehead atoms. The molecule has 6 heteroatoms. The molecule has 6 nitrogen and oxygen atoms in total. The highest BCUT2D eigenvalue weighted by molar-refractivity contribution is 5.78. The standard InChI is InChI=1S/C22H34N4O2/c1-16-18-10-6-12-25(14-17-8-4-3-5-9-17)22(18)24-21(23-16)19-11-7-13-26(19)20(27)15-28-2/h17,19H,3-15H2,1-2H3. The first-order valence-corrected chi connectivity index (χ1v) is 11.1. The van der Waals surface area contributed by atoms with Crippen LogP contribution in [0.4, 0.5) is 5.82 Å². The Hall–Kier alpha value is -1.69. The zero-order valence-corrected chi connectivity index (χ0v) is 17.5. The Kier molecular flexibility index (Phi) is 6.14. The van der Waals surface area contributed by atoms with Crippen molar-refractivity contribution in [1.29, 1.82) is 0 Å². The Balaban J connectivity index is 1.59. The van der Waals surface area contributed by atoms with Crippen LogP contribution in [0.15, 0.2) is 0 Å². The average Bonchev–Trinajstić information content (AvgIpc) is 3.19. The molecule has 0 radical (unpaired) electrons. The predicted molar refractivity (Wildman–Crippen MR) is 109 cm³/mol. The minimum atomic E-state index is -0.00916. The third kappa shape index (κ3) is 4.02. The van der Waals surface area contributed by atoms with E-state index < -0.39 is 0 Å². The van der Waals surface area contributed by atoms with Gasteiger partial charge in [0.15, 0.2) is 5.82 Å². The number of anilines is 1. The summed E-state index contributed by atoms with van der Waals surface area (Å²) in [5.74, 6) is 2.81. The molecule has 2 fully saturated rings. The largest absolute Gasteiger partial charge is 0.375 e. The molecule has 3 heterocycles. The van der Waals surface area contributed by atoms with Gasteiger partial charge < -0.3 is 14.5 Å². The molecule has 0 spiro atoms. The molecule has 1 saturated carbocycles. The number of aromatic nitrogens is 2. The van der Waals surface area contributed by atoms with Gasteiger partial charge in [0.1, 0.15) is 12.4 Å². The first-order chi connectivity index (χ1) is 13.7. The molecular formula is C22H34N4O2. The van der Waals surface area contributed by atoms with Crippen LogP contribution in [0.2, 0.25) is 0 Å². The van der Waals surface area contributed by atoms with E-state index in [2.05, 4.69) is 11.8 Å². The van der Waals surface area contributed by atoms with Crippen molar-refractivity contribution < 1.29 is 9.53 Å². The number of aryl methyl sites for hydroxylation is 1. The van der Waals surface area contributed by atoms with Crippen LogP contribution in [0.1, 0.15) is 74.5 Å². The molecule has 1 aromatic rings. The number of rotatable bonds is 5. The van der Waals surface area contributed by atoms with Crippen molar-refractivity contribution in [3.8, 4) is 0 Å². The summed E-state index contributed by atoms with van der Waals surface area (Å²) < 4.78 is 5.08. The molecule has 1 unspecified atom stereocenters. The van der Waals surface area contributed by atoms with Crippen LogP contribution in [-0.4, -0.2) is 54.1 Å². The van der Waals surface area contributed by atoms with E-state index in [-0.39, 0.29) is 18.6 Å². The first-order valence-electron chi connectivity index (χ1n) is 11.1. The second kappa shape index (κ2) is 8.76. The van der Waals surface area contributed by atoms with E-state index >= 15 is 0 Å². The van der Waals surface area contributed by atoms with E-state index in [0.717, 1.165) is 62.2 Å². The number of hydrogen-bond donors (Lipinski definition) is 0. The molecule has 1 aliphatic carbocycles. The smallest absolute Gasteiger partial charge is 0.249 e. The summed E-state index contributed by atoms with van der Waals surface area (Å²) in [6, 6.07) is -0.00916. The maximum Gasteiger partial charge on any atom is 0.249 e. The third-order valence-electron chi connectivity index (χ3n) is 6.71. The number of carbonyl (C=O) groups is 1. The molecule has 28 heavy (non-hydrogen) atoms. The van der Waals surface area contributed by atoms with Crippen molar-refractivity contribution in [1.82, 2.24) is 14.9 Å². The highest BCUT2D eigenvalue weighted by Crippen LogP contribution is 2.35. The van der Waals surface area contributed by atoms with Crippen LogP contribution in [0.5, 0.6) is 0 Å². The minimum absolute atomic E-state index is 0.00916. The number of methoxy groups -OCH3 is 1. The summed E-state index contributed by atoms with van der Waals surface area (Å²) in [7, 11) is 1.58. The van der Waals surface area contributed by atoms with Crippen LogP contribution in [0, 0.1) is 12.8 Å². The normalized spacial score (nSPS) is 23.1. The quantitative estimate of drug-likeness (QED) is 0.776. The Morgan fingerprint density at radius 2 is 1.89 bits per heavy atom. The van der Waals surface area contributed by atoms with Gasteiger partial charge in [0.05, 0.1) is 6.04 Å². The van der Waals surface area contributed by atoms with Crippen molar-refractivity contribution in [2.75, 3.05) is 38.3 Å². The van der Waals surface area contributed by atoms with E-state index in [9.17, 15) is 4.79 Å². The van der Waals surface area contributed by atoms with Crippen LogP contribution in [0.25, 0.3) is 0 Å². The molecule has 2 aliphatic heterocycles. The van der Waals surface area contributed by atoms with Gasteiger partial charge in [-0.25, -0.2) is 9.97 Å². The lowest BCUT2D eigenvalue weighted by atomic mass is 9.88. The fraction of sp³-hybridized carbons (Fsp3) is 0.773. The van der Waals surface area contributed by atoms with Crippen LogP contribution >= 0.6 is 0 Å². The molecule has 4 rings (SSSR count). The number of ether oxygens (including phenoxy) is 1. The first kappa shape index (κ1) is 19.6. The highest BCUT2D eigenvalue weighted by atomic mass is 16.5. The van der Waals surface area contributed by atoms with Gasteiger partial charge in [0, 0.05) is 38.0 Å². The van der Waals surface area contributed by atoms with Gasteiger partial charge in [-0.15, -0.1) is 0 Å². The second-order valence-corrected chi connectivity index (χ2v) is 8.70. The van der Waals surface area contributed by atoms with Gasteiger partial charge in [0.25, 0.3) is 0 Å². The van der Waals surface area contributed by atoms with Gasteiger partial charge in [-0.3, -0.25) is 4.79 Å².